The third-order valence-electron chi connectivity index (χ3n) is 3.76. The first-order valence-electron chi connectivity index (χ1n) is 7.19. The number of nitrogens with one attached hydrogen (secondary N) is 1. The van der Waals surface area contributed by atoms with Gasteiger partial charge in [0.2, 0.25) is 0 Å². The first kappa shape index (κ1) is 15.4. The molecule has 1 atom stereocenters. The molecule has 1 saturated carbocycles. The summed E-state index contributed by atoms with van der Waals surface area (Å²) in [7, 11) is 3.97. The zero-order valence-electron chi connectivity index (χ0n) is 12.1. The van der Waals surface area contributed by atoms with E-state index in [-0.39, 0.29) is 12.0 Å². The second kappa shape index (κ2) is 8.48. The van der Waals surface area contributed by atoms with Crippen LogP contribution in [0.15, 0.2) is 0 Å². The Balaban J connectivity index is 2.21. The van der Waals surface area contributed by atoms with Crippen molar-refractivity contribution in [2.24, 2.45) is 5.92 Å². The first-order chi connectivity index (χ1) is 8.67. The molecule has 0 radical (unpaired) electrons. The quantitative estimate of drug-likeness (QED) is 0.671. The summed E-state index contributed by atoms with van der Waals surface area (Å²) in [6.07, 6.45) is 6.34. The summed E-state index contributed by atoms with van der Waals surface area (Å²) in [6.45, 7) is 4.41. The van der Waals surface area contributed by atoms with Crippen LogP contribution in [-0.2, 0) is 9.53 Å². The molecule has 0 saturated heterocycles. The van der Waals surface area contributed by atoms with E-state index in [4.69, 9.17) is 4.74 Å². The van der Waals surface area contributed by atoms with Crippen molar-refractivity contribution in [2.75, 3.05) is 33.8 Å². The smallest absolute Gasteiger partial charge is 0.323 e. The summed E-state index contributed by atoms with van der Waals surface area (Å²) in [6, 6.07) is -0.170. The lowest BCUT2D eigenvalue weighted by molar-refractivity contribution is -0.145. The number of nitrogens with zero attached hydrogens (tertiary/aromatic N) is 1. The number of rotatable bonds is 8. The molecule has 1 aliphatic carbocycles. The lowest BCUT2D eigenvalue weighted by Crippen LogP contribution is -2.39. The lowest BCUT2D eigenvalue weighted by atomic mass is 10.1. The molecule has 1 rings (SSSR count). The SMILES string of the molecule is CCOC(=O)C(CCN(C)CC1CCCC1)NC. The highest BCUT2D eigenvalue weighted by atomic mass is 16.5. The monoisotopic (exact) mass is 256 g/mol. The molecule has 1 unspecified atom stereocenters. The molecule has 1 fully saturated rings. The van der Waals surface area contributed by atoms with Gasteiger partial charge in [-0.15, -0.1) is 0 Å². The second-order valence-corrected chi connectivity index (χ2v) is 5.29. The van der Waals surface area contributed by atoms with Crippen molar-refractivity contribution >= 4 is 5.97 Å². The van der Waals surface area contributed by atoms with Gasteiger partial charge in [0.15, 0.2) is 0 Å². The predicted octanol–water partition coefficient (Wildman–Crippen LogP) is 1.65. The van der Waals surface area contributed by atoms with Gasteiger partial charge in [0.05, 0.1) is 6.61 Å². The standard InChI is InChI=1S/C14H28N2O2/c1-4-18-14(17)13(15-2)9-10-16(3)11-12-7-5-6-8-12/h12-13,15H,4-11H2,1-3H3. The molecule has 0 spiro atoms. The van der Waals surface area contributed by atoms with Gasteiger partial charge in [0.1, 0.15) is 6.04 Å². The molecule has 0 aromatic carbocycles. The summed E-state index contributed by atoms with van der Waals surface area (Å²) in [4.78, 5) is 14.0. The molecular formula is C14H28N2O2. The number of carbonyl (C=O) groups excluding carboxylic acids is 1. The highest BCUT2D eigenvalue weighted by Gasteiger charge is 2.20. The minimum absolute atomic E-state index is 0.130. The van der Waals surface area contributed by atoms with Crippen LogP contribution in [-0.4, -0.2) is 50.7 Å². The van der Waals surface area contributed by atoms with E-state index in [2.05, 4.69) is 17.3 Å². The molecule has 0 heterocycles. The Labute approximate surface area is 111 Å². The van der Waals surface area contributed by atoms with Crippen molar-refractivity contribution in [3.8, 4) is 0 Å². The maximum absolute atomic E-state index is 11.6. The van der Waals surface area contributed by atoms with Gasteiger partial charge in [-0.25, -0.2) is 0 Å². The molecule has 0 amide bonds. The van der Waals surface area contributed by atoms with Gasteiger partial charge in [-0.2, -0.15) is 0 Å². The van der Waals surface area contributed by atoms with Crippen molar-refractivity contribution in [1.29, 1.82) is 0 Å². The molecular weight excluding hydrogens is 228 g/mol. The van der Waals surface area contributed by atoms with E-state index >= 15 is 0 Å². The Bertz CT molecular complexity index is 240. The summed E-state index contributed by atoms with van der Waals surface area (Å²) in [5.41, 5.74) is 0. The zero-order chi connectivity index (χ0) is 13.4. The molecule has 0 bridgehead atoms. The number of hydrogen-bond donors (Lipinski definition) is 1. The molecule has 0 aliphatic heterocycles. The van der Waals surface area contributed by atoms with Crippen LogP contribution in [0.3, 0.4) is 0 Å². The van der Waals surface area contributed by atoms with Gasteiger partial charge < -0.3 is 15.0 Å². The highest BCUT2D eigenvalue weighted by Crippen LogP contribution is 2.25. The van der Waals surface area contributed by atoms with Gasteiger partial charge in [0, 0.05) is 6.54 Å². The summed E-state index contributed by atoms with van der Waals surface area (Å²) in [5, 5.41) is 3.03. The molecule has 18 heavy (non-hydrogen) atoms. The third-order valence-corrected chi connectivity index (χ3v) is 3.76. The van der Waals surface area contributed by atoms with Gasteiger partial charge in [0.25, 0.3) is 0 Å². The highest BCUT2D eigenvalue weighted by molar-refractivity contribution is 5.75. The molecule has 4 heteroatoms. The van der Waals surface area contributed by atoms with Crippen LogP contribution in [0.1, 0.15) is 39.0 Å². The van der Waals surface area contributed by atoms with Crippen molar-refractivity contribution < 1.29 is 9.53 Å². The fraction of sp³-hybridized carbons (Fsp3) is 0.929. The lowest BCUT2D eigenvalue weighted by Gasteiger charge is -2.23. The normalized spacial score (nSPS) is 18.2. The Morgan fingerprint density at radius 3 is 2.67 bits per heavy atom. The van der Waals surface area contributed by atoms with Crippen LogP contribution in [0.2, 0.25) is 0 Å². The van der Waals surface area contributed by atoms with E-state index in [1.54, 1.807) is 0 Å². The van der Waals surface area contributed by atoms with Gasteiger partial charge in [-0.05, 0) is 52.7 Å². The average Bonchev–Trinajstić information content (AvgIpc) is 2.83. The van der Waals surface area contributed by atoms with Crippen LogP contribution >= 0.6 is 0 Å². The number of carbonyl (C=O) groups is 1. The maximum atomic E-state index is 11.6. The van der Waals surface area contributed by atoms with Crippen LogP contribution in [0, 0.1) is 5.92 Å². The number of ether oxygens (including phenoxy) is 1. The second-order valence-electron chi connectivity index (χ2n) is 5.29. The zero-order valence-corrected chi connectivity index (χ0v) is 12.1. The molecule has 0 aromatic heterocycles. The Morgan fingerprint density at radius 2 is 2.11 bits per heavy atom. The number of likely N-dealkylation sites (N-methyl/N-ethyl adjacent to an activating group) is 1. The topological polar surface area (TPSA) is 41.6 Å². The number of hydrogen-bond acceptors (Lipinski definition) is 4. The molecule has 106 valence electrons. The van der Waals surface area contributed by atoms with E-state index in [9.17, 15) is 4.79 Å². The van der Waals surface area contributed by atoms with Gasteiger partial charge >= 0.3 is 5.97 Å². The largest absolute Gasteiger partial charge is 0.465 e. The van der Waals surface area contributed by atoms with Crippen molar-refractivity contribution in [3.05, 3.63) is 0 Å². The fourth-order valence-electron chi connectivity index (χ4n) is 2.70. The summed E-state index contributed by atoms with van der Waals surface area (Å²) < 4.78 is 5.04. The number of esters is 1. The van der Waals surface area contributed by atoms with Crippen LogP contribution in [0.4, 0.5) is 0 Å². The Morgan fingerprint density at radius 1 is 1.44 bits per heavy atom. The molecule has 1 N–H and O–H groups in total. The minimum Gasteiger partial charge on any atom is -0.465 e. The van der Waals surface area contributed by atoms with Crippen LogP contribution < -0.4 is 5.32 Å². The summed E-state index contributed by atoms with van der Waals surface area (Å²) in [5.74, 6) is 0.736. The van der Waals surface area contributed by atoms with Crippen LogP contribution in [0.5, 0.6) is 0 Å². The minimum atomic E-state index is -0.170. The van der Waals surface area contributed by atoms with Gasteiger partial charge in [-0.3, -0.25) is 4.79 Å². The van der Waals surface area contributed by atoms with Crippen LogP contribution in [0.25, 0.3) is 0 Å². The van der Waals surface area contributed by atoms with E-state index in [0.29, 0.717) is 6.61 Å². The maximum Gasteiger partial charge on any atom is 0.323 e. The van der Waals surface area contributed by atoms with Gasteiger partial charge in [-0.1, -0.05) is 12.8 Å². The third kappa shape index (κ3) is 5.36. The predicted molar refractivity (Wildman–Crippen MR) is 73.6 cm³/mol. The van der Waals surface area contributed by atoms with E-state index < -0.39 is 0 Å². The van der Waals surface area contributed by atoms with E-state index in [0.717, 1.165) is 18.9 Å². The van der Waals surface area contributed by atoms with Crippen molar-refractivity contribution in [1.82, 2.24) is 10.2 Å². The average molecular weight is 256 g/mol. The molecule has 1 aliphatic rings. The van der Waals surface area contributed by atoms with Crippen molar-refractivity contribution in [3.63, 3.8) is 0 Å². The van der Waals surface area contributed by atoms with E-state index in [1.807, 2.05) is 14.0 Å². The fourth-order valence-corrected chi connectivity index (χ4v) is 2.70. The molecule has 4 nitrogen and oxygen atoms in total. The first-order valence-corrected chi connectivity index (χ1v) is 7.19. The van der Waals surface area contributed by atoms with Crippen molar-refractivity contribution in [2.45, 2.75) is 45.1 Å². The Hall–Kier alpha value is -0.610. The summed E-state index contributed by atoms with van der Waals surface area (Å²) >= 11 is 0. The van der Waals surface area contributed by atoms with E-state index in [1.165, 1.54) is 32.2 Å². The molecule has 0 aromatic rings. The Kier molecular flexibility index (Phi) is 7.28.